The van der Waals surface area contributed by atoms with E-state index in [2.05, 4.69) is 14.9 Å². The van der Waals surface area contributed by atoms with Crippen LogP contribution in [0.5, 0.6) is 5.88 Å². The first-order chi connectivity index (χ1) is 14.4. The van der Waals surface area contributed by atoms with Gasteiger partial charge in [-0.05, 0) is 31.0 Å². The third-order valence-corrected chi connectivity index (χ3v) is 8.10. The van der Waals surface area contributed by atoms with Crippen molar-refractivity contribution < 1.29 is 17.5 Å². The Morgan fingerprint density at radius 1 is 1.13 bits per heavy atom. The van der Waals surface area contributed by atoms with Crippen LogP contribution in [0.3, 0.4) is 0 Å². The lowest BCUT2D eigenvalue weighted by atomic mass is 10.2. The number of nitrogens with zero attached hydrogens (tertiary/aromatic N) is 4. The van der Waals surface area contributed by atoms with Gasteiger partial charge in [0.1, 0.15) is 16.8 Å². The first kappa shape index (κ1) is 20.1. The molecule has 3 heterocycles. The molecule has 7 nitrogen and oxygen atoms in total. The molecule has 0 bridgehead atoms. The second-order valence-corrected chi connectivity index (χ2v) is 10.5. The van der Waals surface area contributed by atoms with E-state index in [-0.39, 0.29) is 22.1 Å². The highest BCUT2D eigenvalue weighted by molar-refractivity contribution is 7.89. The second kappa shape index (κ2) is 7.71. The van der Waals surface area contributed by atoms with Gasteiger partial charge in [0.05, 0.1) is 18.1 Å². The summed E-state index contributed by atoms with van der Waals surface area (Å²) in [6.07, 6.45) is 6.39. The van der Waals surface area contributed by atoms with Gasteiger partial charge in [-0.25, -0.2) is 17.8 Å². The molecular weight excluding hydrogens is 431 g/mol. The predicted molar refractivity (Wildman–Crippen MR) is 109 cm³/mol. The molecule has 10 heteroatoms. The molecule has 5 rings (SSSR count). The van der Waals surface area contributed by atoms with E-state index in [1.54, 1.807) is 12.4 Å². The molecule has 3 aliphatic rings. The van der Waals surface area contributed by atoms with E-state index in [9.17, 15) is 12.8 Å². The maximum Gasteiger partial charge on any atom is 0.246 e. The van der Waals surface area contributed by atoms with Crippen LogP contribution in [-0.2, 0) is 10.0 Å². The predicted octanol–water partition coefficient (Wildman–Crippen LogP) is 2.67. The summed E-state index contributed by atoms with van der Waals surface area (Å²) in [5.74, 6) is 0.252. The van der Waals surface area contributed by atoms with Crippen molar-refractivity contribution in [2.24, 2.45) is 0 Å². The maximum absolute atomic E-state index is 14.2. The van der Waals surface area contributed by atoms with Crippen LogP contribution in [0.4, 0.5) is 4.39 Å². The number of hydrogen-bond donors (Lipinski definition) is 0. The zero-order chi connectivity index (χ0) is 20.9. The molecule has 1 aromatic carbocycles. The Balaban J connectivity index is 1.25. The van der Waals surface area contributed by atoms with Crippen molar-refractivity contribution in [3.8, 4) is 5.88 Å². The molecule has 2 aliphatic heterocycles. The van der Waals surface area contributed by atoms with Gasteiger partial charge in [0, 0.05) is 49.6 Å². The van der Waals surface area contributed by atoms with E-state index in [0.29, 0.717) is 44.4 Å². The molecule has 1 saturated carbocycles. The quantitative estimate of drug-likeness (QED) is 0.694. The molecule has 2 saturated heterocycles. The number of benzene rings is 1. The van der Waals surface area contributed by atoms with Gasteiger partial charge in [-0.3, -0.25) is 9.88 Å². The molecule has 0 spiro atoms. The molecular formula is C20H22ClFN4O3S. The molecule has 1 aromatic heterocycles. The van der Waals surface area contributed by atoms with Gasteiger partial charge in [0.25, 0.3) is 0 Å². The van der Waals surface area contributed by atoms with Crippen LogP contribution in [0.15, 0.2) is 35.5 Å². The number of hydrogen-bond acceptors (Lipinski definition) is 6. The summed E-state index contributed by atoms with van der Waals surface area (Å²) in [6.45, 7) is 1.86. The first-order valence-electron chi connectivity index (χ1n) is 10.1. The number of rotatable bonds is 5. The number of piperazine rings is 1. The molecule has 2 atom stereocenters. The Kier molecular flexibility index (Phi) is 5.17. The van der Waals surface area contributed by atoms with Crippen LogP contribution in [0.2, 0.25) is 5.02 Å². The molecule has 0 amide bonds. The van der Waals surface area contributed by atoms with Gasteiger partial charge in [-0.2, -0.15) is 4.31 Å². The molecule has 30 heavy (non-hydrogen) atoms. The van der Waals surface area contributed by atoms with Gasteiger partial charge in [-0.1, -0.05) is 11.6 Å². The molecule has 3 fully saturated rings. The van der Waals surface area contributed by atoms with E-state index < -0.39 is 15.8 Å². The van der Waals surface area contributed by atoms with Crippen molar-refractivity contribution in [2.45, 2.75) is 42.2 Å². The highest BCUT2D eigenvalue weighted by atomic mass is 35.5. The molecule has 0 N–H and O–H groups in total. The average molecular weight is 453 g/mol. The smallest absolute Gasteiger partial charge is 0.246 e. The zero-order valence-electron chi connectivity index (χ0n) is 16.2. The monoisotopic (exact) mass is 452 g/mol. The minimum atomic E-state index is -3.95. The van der Waals surface area contributed by atoms with Gasteiger partial charge in [-0.15, -0.1) is 0 Å². The third kappa shape index (κ3) is 3.91. The fourth-order valence-corrected chi connectivity index (χ4v) is 6.03. The largest absolute Gasteiger partial charge is 0.472 e. The van der Waals surface area contributed by atoms with E-state index >= 15 is 0 Å². The Morgan fingerprint density at radius 2 is 1.97 bits per heavy atom. The fraction of sp³-hybridized carbons (Fsp3) is 0.500. The van der Waals surface area contributed by atoms with Crippen LogP contribution < -0.4 is 4.74 Å². The summed E-state index contributed by atoms with van der Waals surface area (Å²) in [6, 6.07) is 3.61. The van der Waals surface area contributed by atoms with E-state index in [4.69, 9.17) is 16.3 Å². The molecule has 1 aliphatic carbocycles. The second-order valence-electron chi connectivity index (χ2n) is 8.12. The SMILES string of the molecule is O=S(=O)(c1cc(Cl)ccc1F)N1CCN2C[C@H](Oc3cnc(C4CC4)cn3)C[C@H]2C1. The number of sulfonamides is 1. The summed E-state index contributed by atoms with van der Waals surface area (Å²) in [4.78, 5) is 10.6. The Morgan fingerprint density at radius 3 is 2.70 bits per heavy atom. The van der Waals surface area contributed by atoms with Gasteiger partial charge < -0.3 is 4.74 Å². The van der Waals surface area contributed by atoms with Crippen LogP contribution in [0.1, 0.15) is 30.9 Å². The van der Waals surface area contributed by atoms with Crippen molar-refractivity contribution in [3.05, 3.63) is 47.1 Å². The van der Waals surface area contributed by atoms with Crippen molar-refractivity contribution in [3.63, 3.8) is 0 Å². The topological polar surface area (TPSA) is 75.6 Å². The molecule has 160 valence electrons. The summed E-state index contributed by atoms with van der Waals surface area (Å²) >= 11 is 5.89. The van der Waals surface area contributed by atoms with Gasteiger partial charge >= 0.3 is 0 Å². The Bertz CT molecular complexity index is 1050. The number of halogens is 2. The number of fused-ring (bicyclic) bond motifs is 1. The molecule has 0 unspecified atom stereocenters. The lowest BCUT2D eigenvalue weighted by Gasteiger charge is -2.36. The van der Waals surface area contributed by atoms with Crippen molar-refractivity contribution in [1.82, 2.24) is 19.2 Å². The van der Waals surface area contributed by atoms with Gasteiger partial charge in [0.15, 0.2) is 0 Å². The van der Waals surface area contributed by atoms with E-state index in [1.807, 2.05) is 0 Å². The van der Waals surface area contributed by atoms with Crippen LogP contribution >= 0.6 is 11.6 Å². The van der Waals surface area contributed by atoms with Crippen molar-refractivity contribution >= 4 is 21.6 Å². The minimum absolute atomic E-state index is 0.0134. The molecule has 2 aromatic rings. The van der Waals surface area contributed by atoms with Crippen molar-refractivity contribution in [1.29, 1.82) is 0 Å². The Labute approximate surface area is 179 Å². The highest BCUT2D eigenvalue weighted by Gasteiger charge is 2.41. The third-order valence-electron chi connectivity index (χ3n) is 5.98. The van der Waals surface area contributed by atoms with Crippen LogP contribution in [-0.4, -0.2) is 65.9 Å². The summed E-state index contributed by atoms with van der Waals surface area (Å²) in [5, 5.41) is 0.191. The van der Waals surface area contributed by atoms with Crippen molar-refractivity contribution in [2.75, 3.05) is 26.2 Å². The lowest BCUT2D eigenvalue weighted by Crippen LogP contribution is -2.52. The standard InChI is InChI=1S/C20H22ClFN4O3S/c21-14-3-4-17(22)19(7-14)30(27,28)26-6-5-25-12-16(8-15(25)11-26)29-20-10-23-18(9-24-20)13-1-2-13/h3-4,7,9-10,13,15-16H,1-2,5-6,8,11-12H2/t15-,16+/m0/s1. The first-order valence-corrected chi connectivity index (χ1v) is 11.9. The maximum atomic E-state index is 14.2. The normalized spacial score (nSPS) is 25.3. The van der Waals surface area contributed by atoms with E-state index in [1.165, 1.54) is 29.3 Å². The van der Waals surface area contributed by atoms with E-state index in [0.717, 1.165) is 11.8 Å². The summed E-state index contributed by atoms with van der Waals surface area (Å²) in [5.41, 5.74) is 1.01. The highest BCUT2D eigenvalue weighted by Crippen LogP contribution is 2.38. The number of ether oxygens (including phenoxy) is 1. The minimum Gasteiger partial charge on any atom is -0.472 e. The fourth-order valence-electron chi connectivity index (χ4n) is 4.23. The van der Waals surface area contributed by atoms with Crippen LogP contribution in [0.25, 0.3) is 0 Å². The number of aromatic nitrogens is 2. The van der Waals surface area contributed by atoms with Gasteiger partial charge in [0.2, 0.25) is 15.9 Å². The zero-order valence-corrected chi connectivity index (χ0v) is 17.8. The summed E-state index contributed by atoms with van der Waals surface area (Å²) < 4.78 is 47.5. The average Bonchev–Trinajstić information content (AvgIpc) is 3.50. The summed E-state index contributed by atoms with van der Waals surface area (Å²) in [7, 11) is -3.95. The Hall–Kier alpha value is -1.81. The lowest BCUT2D eigenvalue weighted by molar-refractivity contribution is 0.151. The van der Waals surface area contributed by atoms with Crippen LogP contribution in [0, 0.1) is 5.82 Å². The molecule has 0 radical (unpaired) electrons.